The second kappa shape index (κ2) is 8.13. The number of hydrogen-bond donors (Lipinski definition) is 1. The fourth-order valence-corrected chi connectivity index (χ4v) is 4.02. The summed E-state index contributed by atoms with van der Waals surface area (Å²) < 4.78 is 25.8. The molecule has 0 aliphatic carbocycles. The van der Waals surface area contributed by atoms with Gasteiger partial charge >= 0.3 is 0 Å². The van der Waals surface area contributed by atoms with Gasteiger partial charge in [-0.15, -0.1) is 0 Å². The van der Waals surface area contributed by atoms with Gasteiger partial charge < -0.3 is 5.32 Å². The van der Waals surface area contributed by atoms with Gasteiger partial charge in [-0.2, -0.15) is 0 Å². The number of amides is 1. The number of benzene rings is 2. The Kier molecular flexibility index (Phi) is 6.31. The van der Waals surface area contributed by atoms with Gasteiger partial charge in [-0.25, -0.2) is 8.42 Å². The first kappa shape index (κ1) is 21.0. The summed E-state index contributed by atoms with van der Waals surface area (Å²) in [7, 11) is -3.60. The maximum atomic E-state index is 12.6. The molecule has 2 rings (SSSR count). The van der Waals surface area contributed by atoms with E-state index in [0.717, 1.165) is 34.1 Å². The summed E-state index contributed by atoms with van der Waals surface area (Å²) in [6.07, 6.45) is 1.12. The van der Waals surface area contributed by atoms with Crippen molar-refractivity contribution in [1.82, 2.24) is 5.32 Å². The number of hydrogen-bond acceptors (Lipinski definition) is 3. The van der Waals surface area contributed by atoms with E-state index in [-0.39, 0.29) is 18.5 Å². The Morgan fingerprint density at radius 1 is 1.07 bits per heavy atom. The highest BCUT2D eigenvalue weighted by molar-refractivity contribution is 7.92. The third kappa shape index (κ3) is 5.10. The lowest BCUT2D eigenvalue weighted by Gasteiger charge is -2.25. The summed E-state index contributed by atoms with van der Waals surface area (Å²) in [6, 6.07) is 11.3. The van der Waals surface area contributed by atoms with E-state index in [1.165, 1.54) is 4.31 Å². The second-order valence-corrected chi connectivity index (χ2v) is 9.04. The molecule has 0 saturated carbocycles. The van der Waals surface area contributed by atoms with E-state index in [1.54, 1.807) is 12.1 Å². The first-order chi connectivity index (χ1) is 12.5. The van der Waals surface area contributed by atoms with Gasteiger partial charge in [0.1, 0.15) is 6.54 Å². The Hall–Kier alpha value is -2.34. The number of carbonyl (C=O) groups excluding carboxylic acids is 1. The fourth-order valence-electron chi connectivity index (χ4n) is 3.11. The van der Waals surface area contributed by atoms with Crippen LogP contribution in [0.1, 0.15) is 40.8 Å². The molecular weight excluding hydrogens is 360 g/mol. The van der Waals surface area contributed by atoms with Crippen LogP contribution in [0.15, 0.2) is 36.4 Å². The minimum Gasteiger partial charge on any atom is -0.348 e. The van der Waals surface area contributed by atoms with Crippen molar-refractivity contribution in [2.45, 2.75) is 40.7 Å². The van der Waals surface area contributed by atoms with Crippen molar-refractivity contribution in [1.29, 1.82) is 0 Å². The van der Waals surface area contributed by atoms with Crippen LogP contribution >= 0.6 is 0 Å². The molecule has 0 saturated heterocycles. The molecule has 0 heterocycles. The molecule has 2 aromatic carbocycles. The average Bonchev–Trinajstić information content (AvgIpc) is 2.56. The molecule has 6 heteroatoms. The van der Waals surface area contributed by atoms with Gasteiger partial charge in [0.25, 0.3) is 0 Å². The van der Waals surface area contributed by atoms with Crippen LogP contribution in [0.3, 0.4) is 0 Å². The number of aryl methyl sites for hydroxylation is 3. The van der Waals surface area contributed by atoms with Crippen LogP contribution in [0.2, 0.25) is 0 Å². The summed E-state index contributed by atoms with van der Waals surface area (Å²) in [5, 5.41) is 2.93. The number of nitrogens with one attached hydrogen (secondary N) is 1. The van der Waals surface area contributed by atoms with Crippen molar-refractivity contribution in [3.05, 3.63) is 64.2 Å². The second-order valence-electron chi connectivity index (χ2n) is 7.14. The van der Waals surface area contributed by atoms with E-state index in [0.29, 0.717) is 5.69 Å². The van der Waals surface area contributed by atoms with Crippen LogP contribution in [0, 0.1) is 27.7 Å². The van der Waals surface area contributed by atoms with E-state index in [9.17, 15) is 13.2 Å². The summed E-state index contributed by atoms with van der Waals surface area (Å²) in [5.41, 5.74) is 5.59. The fraction of sp³-hybridized carbons (Fsp3) is 0.381. The zero-order chi connectivity index (χ0) is 20.4. The number of nitrogens with zero attached hydrogens (tertiary/aromatic N) is 1. The predicted molar refractivity (Wildman–Crippen MR) is 111 cm³/mol. The van der Waals surface area contributed by atoms with E-state index in [4.69, 9.17) is 0 Å². The number of sulfonamides is 1. The molecule has 146 valence electrons. The predicted octanol–water partition coefficient (Wildman–Crippen LogP) is 3.56. The molecule has 1 atom stereocenters. The molecule has 1 amide bonds. The lowest BCUT2D eigenvalue weighted by Crippen LogP contribution is -2.41. The van der Waals surface area contributed by atoms with Crippen LogP contribution in [0.4, 0.5) is 5.69 Å². The Balaban J connectivity index is 2.24. The molecule has 0 unspecified atom stereocenters. The van der Waals surface area contributed by atoms with Crippen molar-refractivity contribution >= 4 is 21.6 Å². The molecule has 0 aliphatic rings. The van der Waals surface area contributed by atoms with Crippen molar-refractivity contribution in [2.75, 3.05) is 17.1 Å². The maximum Gasteiger partial charge on any atom is 0.241 e. The lowest BCUT2D eigenvalue weighted by molar-refractivity contribution is -0.120. The summed E-state index contributed by atoms with van der Waals surface area (Å²) in [4.78, 5) is 12.6. The quantitative estimate of drug-likeness (QED) is 0.823. The minimum atomic E-state index is -3.60. The topological polar surface area (TPSA) is 66.5 Å². The first-order valence-electron chi connectivity index (χ1n) is 8.91. The number of anilines is 1. The van der Waals surface area contributed by atoms with Crippen LogP contribution in [-0.4, -0.2) is 27.1 Å². The molecule has 27 heavy (non-hydrogen) atoms. The monoisotopic (exact) mass is 388 g/mol. The molecule has 0 fully saturated rings. The Morgan fingerprint density at radius 3 is 2.37 bits per heavy atom. The van der Waals surface area contributed by atoms with Gasteiger partial charge in [-0.1, -0.05) is 35.9 Å². The summed E-state index contributed by atoms with van der Waals surface area (Å²) in [5.74, 6) is -0.338. The van der Waals surface area contributed by atoms with E-state index >= 15 is 0 Å². The molecular formula is C21H28N2O3S. The van der Waals surface area contributed by atoms with Crippen LogP contribution in [0.25, 0.3) is 0 Å². The van der Waals surface area contributed by atoms with Crippen molar-refractivity contribution in [3.63, 3.8) is 0 Å². The van der Waals surface area contributed by atoms with E-state index < -0.39 is 10.0 Å². The van der Waals surface area contributed by atoms with Crippen LogP contribution in [0.5, 0.6) is 0 Å². The number of rotatable bonds is 6. The Bertz CT molecular complexity index is 952. The normalized spacial score (nSPS) is 12.5. The smallest absolute Gasteiger partial charge is 0.241 e. The molecule has 0 spiro atoms. The standard InChI is InChI=1S/C21H28N2O3S/c1-14-10-11-16(3)19(12-14)18(5)22-21(24)13-23(27(6,25)26)20-9-7-8-15(2)17(20)4/h7-12,18H,13H2,1-6H3,(H,22,24)/t18-/m1/s1. The lowest BCUT2D eigenvalue weighted by atomic mass is 10.00. The average molecular weight is 389 g/mol. The molecule has 5 nitrogen and oxygen atoms in total. The summed E-state index contributed by atoms with van der Waals surface area (Å²) >= 11 is 0. The van der Waals surface area contributed by atoms with E-state index in [2.05, 4.69) is 5.32 Å². The minimum absolute atomic E-state index is 0.211. The molecule has 1 N–H and O–H groups in total. The van der Waals surface area contributed by atoms with Gasteiger partial charge in [0.05, 0.1) is 18.0 Å². The van der Waals surface area contributed by atoms with Gasteiger partial charge in [-0.05, 0) is 62.9 Å². The summed E-state index contributed by atoms with van der Waals surface area (Å²) in [6.45, 7) is 9.43. The maximum absolute atomic E-state index is 12.6. The molecule has 0 aromatic heterocycles. The molecule has 0 bridgehead atoms. The molecule has 0 radical (unpaired) electrons. The Morgan fingerprint density at radius 2 is 1.74 bits per heavy atom. The molecule has 0 aliphatic heterocycles. The first-order valence-corrected chi connectivity index (χ1v) is 10.8. The van der Waals surface area contributed by atoms with Crippen molar-refractivity contribution in [3.8, 4) is 0 Å². The SMILES string of the molecule is Cc1ccc(C)c([C@@H](C)NC(=O)CN(c2cccc(C)c2C)S(C)(=O)=O)c1. The Labute approximate surface area is 162 Å². The van der Waals surface area contributed by atoms with Crippen LogP contribution in [-0.2, 0) is 14.8 Å². The van der Waals surface area contributed by atoms with Gasteiger partial charge in [0, 0.05) is 0 Å². The van der Waals surface area contributed by atoms with Crippen LogP contribution < -0.4 is 9.62 Å². The van der Waals surface area contributed by atoms with Gasteiger partial charge in [0.15, 0.2) is 0 Å². The highest BCUT2D eigenvalue weighted by Crippen LogP contribution is 2.25. The zero-order valence-corrected chi connectivity index (χ0v) is 17.6. The van der Waals surface area contributed by atoms with Gasteiger partial charge in [0.2, 0.25) is 15.9 Å². The van der Waals surface area contributed by atoms with Gasteiger partial charge in [-0.3, -0.25) is 9.10 Å². The zero-order valence-electron chi connectivity index (χ0n) is 16.8. The largest absolute Gasteiger partial charge is 0.348 e. The van der Waals surface area contributed by atoms with E-state index in [1.807, 2.05) is 58.9 Å². The highest BCUT2D eigenvalue weighted by Gasteiger charge is 2.23. The molecule has 2 aromatic rings. The van der Waals surface area contributed by atoms with Crippen molar-refractivity contribution < 1.29 is 13.2 Å². The third-order valence-electron chi connectivity index (χ3n) is 4.81. The van der Waals surface area contributed by atoms with Crippen molar-refractivity contribution in [2.24, 2.45) is 0 Å². The highest BCUT2D eigenvalue weighted by atomic mass is 32.2. The third-order valence-corrected chi connectivity index (χ3v) is 5.94. The number of carbonyl (C=O) groups is 1.